The van der Waals surface area contributed by atoms with Crippen molar-refractivity contribution in [3.05, 3.63) is 58.3 Å². The van der Waals surface area contributed by atoms with Crippen LogP contribution in [0.5, 0.6) is 17.2 Å². The number of hydrogen-bond acceptors (Lipinski definition) is 7. The van der Waals surface area contributed by atoms with E-state index in [2.05, 4.69) is 5.32 Å². The smallest absolute Gasteiger partial charge is 0.225 e. The zero-order valence-electron chi connectivity index (χ0n) is 18.6. The van der Waals surface area contributed by atoms with Gasteiger partial charge in [0.1, 0.15) is 10.6 Å². The Hall–Kier alpha value is -3.04. The summed E-state index contributed by atoms with van der Waals surface area (Å²) < 4.78 is 43.4. The molecule has 0 fully saturated rings. The molecule has 1 aromatic heterocycles. The van der Waals surface area contributed by atoms with E-state index in [-0.39, 0.29) is 28.0 Å². The molecule has 0 unspecified atom stereocenters. The molecule has 0 bridgehead atoms. The lowest BCUT2D eigenvalue weighted by Crippen LogP contribution is -2.24. The highest BCUT2D eigenvalue weighted by Gasteiger charge is 2.36. The van der Waals surface area contributed by atoms with Crippen LogP contribution in [0.4, 0.5) is 5.69 Å². The van der Waals surface area contributed by atoms with E-state index < -0.39 is 9.84 Å². The van der Waals surface area contributed by atoms with Crippen molar-refractivity contribution in [2.45, 2.75) is 35.5 Å². The van der Waals surface area contributed by atoms with Crippen molar-refractivity contribution in [1.82, 2.24) is 0 Å². The van der Waals surface area contributed by atoms with E-state index in [0.717, 1.165) is 16.9 Å². The fraction of sp³-hybridized carbons (Fsp3) is 0.292. The third-order valence-corrected chi connectivity index (χ3v) is 8.51. The van der Waals surface area contributed by atoms with Crippen LogP contribution in [0.3, 0.4) is 0 Å². The predicted molar refractivity (Wildman–Crippen MR) is 127 cm³/mol. The van der Waals surface area contributed by atoms with E-state index in [0.29, 0.717) is 29.5 Å². The first-order valence-corrected chi connectivity index (χ1v) is 12.9. The minimum atomic E-state index is -3.84. The number of rotatable bonds is 8. The maximum absolute atomic E-state index is 13.4. The third kappa shape index (κ3) is 4.30. The van der Waals surface area contributed by atoms with Crippen LogP contribution in [0.15, 0.2) is 57.6 Å². The molecule has 1 atom stereocenters. The number of ether oxygens (including phenoxy) is 3. The maximum atomic E-state index is 13.4. The van der Waals surface area contributed by atoms with E-state index in [1.165, 1.54) is 30.6 Å². The third-order valence-electron chi connectivity index (χ3n) is 5.47. The molecule has 33 heavy (non-hydrogen) atoms. The Morgan fingerprint density at radius 3 is 2.52 bits per heavy atom. The standard InChI is InChI=1S/C24H25NO6S2/c1-4-12-31-23-17(6-5-7-19(23)30-3)18-13-21(26)25-22-20(14-32-24(18)22)33(27,28)16-10-8-15(29-2)9-11-16/h5-11,14,18H,4,12-13H2,1-3H3,(H,25,26)/t18-/m1/s1. The summed E-state index contributed by atoms with van der Waals surface area (Å²) >= 11 is 1.32. The number of sulfone groups is 1. The van der Waals surface area contributed by atoms with Crippen molar-refractivity contribution in [1.29, 1.82) is 0 Å². The SMILES string of the molecule is CCCOc1c(OC)cccc1[C@H]1CC(=O)Nc2c(S(=O)(=O)c3ccc(OC)cc3)csc21. The average molecular weight is 488 g/mol. The van der Waals surface area contributed by atoms with Crippen LogP contribution in [0.2, 0.25) is 0 Å². The highest BCUT2D eigenvalue weighted by molar-refractivity contribution is 7.91. The van der Waals surface area contributed by atoms with Crippen LogP contribution >= 0.6 is 11.3 Å². The quantitative estimate of drug-likeness (QED) is 0.488. The van der Waals surface area contributed by atoms with Gasteiger partial charge in [-0.3, -0.25) is 4.79 Å². The lowest BCUT2D eigenvalue weighted by Gasteiger charge is -2.26. The molecule has 174 valence electrons. The summed E-state index contributed by atoms with van der Waals surface area (Å²) in [6, 6.07) is 11.8. The molecule has 0 saturated carbocycles. The molecule has 1 amide bonds. The summed E-state index contributed by atoms with van der Waals surface area (Å²) in [6.45, 7) is 2.51. The van der Waals surface area contributed by atoms with E-state index in [9.17, 15) is 13.2 Å². The van der Waals surface area contributed by atoms with E-state index in [1.807, 2.05) is 25.1 Å². The van der Waals surface area contributed by atoms with Crippen molar-refractivity contribution in [3.63, 3.8) is 0 Å². The largest absolute Gasteiger partial charge is 0.497 e. The van der Waals surface area contributed by atoms with Crippen molar-refractivity contribution in [2.75, 3.05) is 26.1 Å². The number of hydrogen-bond donors (Lipinski definition) is 1. The Kier molecular flexibility index (Phi) is 6.62. The second-order valence-electron chi connectivity index (χ2n) is 7.55. The van der Waals surface area contributed by atoms with Gasteiger partial charge in [0.2, 0.25) is 15.7 Å². The van der Waals surface area contributed by atoms with Crippen LogP contribution < -0.4 is 19.5 Å². The Morgan fingerprint density at radius 2 is 1.85 bits per heavy atom. The Bertz CT molecular complexity index is 1260. The first-order chi connectivity index (χ1) is 15.9. The Balaban J connectivity index is 1.81. The minimum absolute atomic E-state index is 0.0876. The predicted octanol–water partition coefficient (Wildman–Crippen LogP) is 4.86. The fourth-order valence-corrected chi connectivity index (χ4v) is 6.76. The number of nitrogens with one attached hydrogen (secondary N) is 1. The number of anilines is 1. The molecular weight excluding hydrogens is 462 g/mol. The lowest BCUT2D eigenvalue weighted by atomic mass is 9.89. The van der Waals surface area contributed by atoms with Crippen molar-refractivity contribution < 1.29 is 27.4 Å². The van der Waals surface area contributed by atoms with Crippen LogP contribution in [-0.4, -0.2) is 35.2 Å². The highest BCUT2D eigenvalue weighted by Crippen LogP contribution is 2.49. The molecule has 1 aliphatic rings. The van der Waals surface area contributed by atoms with Crippen LogP contribution in [0, 0.1) is 0 Å². The van der Waals surface area contributed by atoms with Gasteiger partial charge in [-0.25, -0.2) is 8.42 Å². The fourth-order valence-electron chi connectivity index (χ4n) is 3.86. The van der Waals surface area contributed by atoms with Gasteiger partial charge in [0.15, 0.2) is 11.5 Å². The number of amides is 1. The van der Waals surface area contributed by atoms with Gasteiger partial charge < -0.3 is 19.5 Å². The first kappa shape index (κ1) is 23.1. The molecule has 0 spiro atoms. The number of fused-ring (bicyclic) bond motifs is 1. The molecule has 3 aromatic rings. The van der Waals surface area contributed by atoms with E-state index >= 15 is 0 Å². The monoisotopic (exact) mass is 487 g/mol. The number of benzene rings is 2. The summed E-state index contributed by atoms with van der Waals surface area (Å²) in [5, 5.41) is 4.39. The summed E-state index contributed by atoms with van der Waals surface area (Å²) in [4.78, 5) is 13.7. The summed E-state index contributed by atoms with van der Waals surface area (Å²) in [6.07, 6.45) is 1.00. The molecule has 1 N–H and O–H groups in total. The van der Waals surface area contributed by atoms with Crippen LogP contribution in [-0.2, 0) is 14.6 Å². The van der Waals surface area contributed by atoms with Gasteiger partial charge in [0.25, 0.3) is 0 Å². The number of carbonyl (C=O) groups is 1. The van der Waals surface area contributed by atoms with Crippen molar-refractivity contribution >= 4 is 32.8 Å². The molecule has 9 heteroatoms. The van der Waals surface area contributed by atoms with Gasteiger partial charge in [-0.05, 0) is 36.8 Å². The molecule has 4 rings (SSSR count). The average Bonchev–Trinajstić information content (AvgIpc) is 3.26. The number of carbonyl (C=O) groups excluding carboxylic acids is 1. The van der Waals surface area contributed by atoms with Gasteiger partial charge >= 0.3 is 0 Å². The van der Waals surface area contributed by atoms with Gasteiger partial charge in [-0.15, -0.1) is 11.3 Å². The second-order valence-corrected chi connectivity index (χ2v) is 10.4. The van der Waals surface area contributed by atoms with Crippen molar-refractivity contribution in [3.8, 4) is 17.2 Å². The van der Waals surface area contributed by atoms with Crippen molar-refractivity contribution in [2.24, 2.45) is 0 Å². The zero-order chi connectivity index (χ0) is 23.6. The summed E-state index contributed by atoms with van der Waals surface area (Å²) in [5.41, 5.74) is 1.13. The zero-order valence-corrected chi connectivity index (χ0v) is 20.2. The molecule has 7 nitrogen and oxygen atoms in total. The number of methoxy groups -OCH3 is 2. The maximum Gasteiger partial charge on any atom is 0.225 e. The van der Waals surface area contributed by atoms with Crippen LogP contribution in [0.1, 0.15) is 36.1 Å². The summed E-state index contributed by atoms with van der Waals surface area (Å²) in [5.74, 6) is 1.13. The molecule has 2 aromatic carbocycles. The molecule has 1 aliphatic heterocycles. The highest BCUT2D eigenvalue weighted by atomic mass is 32.2. The minimum Gasteiger partial charge on any atom is -0.497 e. The summed E-state index contributed by atoms with van der Waals surface area (Å²) in [7, 11) is -0.754. The topological polar surface area (TPSA) is 90.9 Å². The van der Waals surface area contributed by atoms with Gasteiger partial charge in [0.05, 0.1) is 31.4 Å². The molecule has 0 aliphatic carbocycles. The van der Waals surface area contributed by atoms with Crippen LogP contribution in [0.25, 0.3) is 0 Å². The first-order valence-electron chi connectivity index (χ1n) is 10.5. The van der Waals surface area contributed by atoms with E-state index in [1.54, 1.807) is 24.6 Å². The molecule has 2 heterocycles. The molecule has 0 saturated heterocycles. The normalized spacial score (nSPS) is 15.5. The van der Waals surface area contributed by atoms with Gasteiger partial charge in [-0.2, -0.15) is 0 Å². The lowest BCUT2D eigenvalue weighted by molar-refractivity contribution is -0.116. The van der Waals surface area contributed by atoms with Gasteiger partial charge in [0, 0.05) is 28.2 Å². The number of thiophene rings is 1. The van der Waals surface area contributed by atoms with Gasteiger partial charge in [-0.1, -0.05) is 19.1 Å². The number of para-hydroxylation sites is 1. The molecular formula is C24H25NO6S2. The van der Waals surface area contributed by atoms with E-state index in [4.69, 9.17) is 14.2 Å². The Labute approximate surface area is 197 Å². The second kappa shape index (κ2) is 9.44. The Morgan fingerprint density at radius 1 is 1.09 bits per heavy atom. The molecule has 0 radical (unpaired) electrons.